The van der Waals surface area contributed by atoms with Crippen molar-refractivity contribution in [1.29, 1.82) is 5.26 Å². The van der Waals surface area contributed by atoms with Gasteiger partial charge in [0.1, 0.15) is 0 Å². The van der Waals surface area contributed by atoms with Gasteiger partial charge in [0.05, 0.1) is 6.07 Å². The Morgan fingerprint density at radius 3 is 1.20 bits per heavy atom. The molecule has 10 heavy (non-hydrogen) atoms. The fraction of sp³-hybridized carbons (Fsp3) is 0.200. The molecular weight excluding hydrogens is 354 g/mol. The zero-order valence-corrected chi connectivity index (χ0v) is 10.5. The summed E-state index contributed by atoms with van der Waals surface area (Å²) < 4.78 is 0. The van der Waals surface area contributed by atoms with Gasteiger partial charge in [-0.2, -0.15) is 5.26 Å². The second-order valence-electron chi connectivity index (χ2n) is 0.269. The average molecular weight is 369 g/mol. The molecule has 0 unspecified atom stereocenters. The van der Waals surface area contributed by atoms with Gasteiger partial charge < -0.3 is 28.4 Å². The topological polar surface area (TPSA) is 58.8 Å². The van der Waals surface area contributed by atoms with E-state index < -0.39 is 16.5 Å². The van der Waals surface area contributed by atoms with Gasteiger partial charge in [0.15, 0.2) is 0 Å². The van der Waals surface area contributed by atoms with Gasteiger partial charge in [0, 0.05) is 6.92 Å². The average Bonchev–Trinajstić information content (AvgIpc) is 1.39. The third-order valence-corrected chi connectivity index (χ3v) is 0. The van der Waals surface area contributed by atoms with Crippen molar-refractivity contribution in [3.63, 3.8) is 0 Å². The van der Waals surface area contributed by atoms with Crippen LogP contribution in [0.25, 0.3) is 0 Å². The Balaban J connectivity index is -0.00000000571. The first-order chi connectivity index (χ1) is 2.83. The molecule has 0 bridgehead atoms. The van der Waals surface area contributed by atoms with E-state index in [1.54, 1.807) is 6.07 Å². The fourth-order valence-electron chi connectivity index (χ4n) is 0. The van der Waals surface area contributed by atoms with Crippen molar-refractivity contribution in [2.24, 2.45) is 0 Å². The van der Waals surface area contributed by atoms with Crippen LogP contribution in [0.15, 0.2) is 0 Å². The Labute approximate surface area is 81.9 Å². The number of halogens is 2. The summed E-state index contributed by atoms with van der Waals surface area (Å²) >= 11 is -0.472. The van der Waals surface area contributed by atoms with Crippen molar-refractivity contribution >= 4 is 18.8 Å². The van der Waals surface area contributed by atoms with Crippen molar-refractivity contribution in [3.8, 4) is 6.07 Å². The molecule has 0 radical (unpaired) electrons. The minimum atomic E-state index is -0.472. The summed E-state index contributed by atoms with van der Waals surface area (Å²) in [5, 5.41) is 7.32. The van der Waals surface area contributed by atoms with Crippen LogP contribution in [-0.2, 0) is 16.5 Å². The number of nitrogens with zero attached hydrogens (tertiary/aromatic N) is 1. The minimum absolute atomic E-state index is 0. The maximum atomic E-state index is 7.32. The molecule has 3 N–H and O–H groups in total. The molecule has 0 aliphatic carbocycles. The molecule has 0 amide bonds. The molecule has 0 aliphatic heterocycles. The molecule has 0 saturated carbocycles. The van der Waals surface area contributed by atoms with Crippen molar-refractivity contribution in [1.82, 2.24) is 6.15 Å². The summed E-state index contributed by atoms with van der Waals surface area (Å²) in [6.45, 7) is 1.43. The van der Waals surface area contributed by atoms with Crippen molar-refractivity contribution in [3.05, 3.63) is 22.3 Å². The Hall–Kier alpha value is 0.718. The molecule has 0 aromatic rings. The number of hydrogen-bond acceptors (Lipinski definition) is 2. The van der Waals surface area contributed by atoms with Gasteiger partial charge in [-0.1, -0.05) is 0 Å². The number of nitriles is 1. The monoisotopic (exact) mass is 368 g/mol. The molecular formula is C5H15Cl2N2Pt-3. The first kappa shape index (κ1) is 45.5. The molecule has 0 atom stereocenters. The third kappa shape index (κ3) is 1010. The van der Waals surface area contributed by atoms with E-state index in [0.29, 0.717) is 0 Å². The van der Waals surface area contributed by atoms with Gasteiger partial charge >= 0.3 is 35.3 Å². The molecule has 0 spiro atoms. The van der Waals surface area contributed by atoms with Crippen LogP contribution >= 0.6 is 18.8 Å². The second-order valence-corrected chi connectivity index (χ2v) is 3.55. The van der Waals surface area contributed by atoms with E-state index in [0.717, 1.165) is 0 Å². The van der Waals surface area contributed by atoms with Crippen LogP contribution in [-0.4, -0.2) is 0 Å². The maximum absolute atomic E-state index is 7.32. The predicted octanol–water partition coefficient (Wildman–Crippen LogP) is 3.42. The number of hydrogen-bond donors (Lipinski definition) is 1. The Bertz CT molecular complexity index is 47.4. The molecule has 72 valence electrons. The first-order valence-electron chi connectivity index (χ1n) is 0.963. The normalized spacial score (nSPS) is 3.00. The van der Waals surface area contributed by atoms with Crippen LogP contribution in [0.2, 0.25) is 0 Å². The zero-order valence-electron chi connectivity index (χ0n) is 6.73. The van der Waals surface area contributed by atoms with Crippen LogP contribution in [0.1, 0.15) is 6.92 Å². The Morgan fingerprint density at radius 2 is 1.20 bits per heavy atom. The van der Waals surface area contributed by atoms with Crippen molar-refractivity contribution < 1.29 is 16.5 Å². The van der Waals surface area contributed by atoms with Crippen molar-refractivity contribution in [2.45, 2.75) is 6.92 Å². The third-order valence-electron chi connectivity index (χ3n) is 0. The van der Waals surface area contributed by atoms with E-state index in [1.807, 2.05) is 0 Å². The van der Waals surface area contributed by atoms with E-state index in [2.05, 4.69) is 0 Å². The van der Waals surface area contributed by atoms with Gasteiger partial charge in [0.25, 0.3) is 0 Å². The van der Waals surface area contributed by atoms with Crippen LogP contribution in [0.3, 0.4) is 0 Å². The van der Waals surface area contributed by atoms with Gasteiger partial charge in [-0.15, -0.1) is 0 Å². The molecule has 0 aromatic heterocycles. The summed E-state index contributed by atoms with van der Waals surface area (Å²) in [7, 11) is 9.75. The molecule has 2 nitrogen and oxygen atoms in total. The van der Waals surface area contributed by atoms with E-state index in [1.165, 1.54) is 6.92 Å². The summed E-state index contributed by atoms with van der Waals surface area (Å²) in [6.07, 6.45) is 0. The van der Waals surface area contributed by atoms with Crippen LogP contribution in [0.4, 0.5) is 0 Å². The summed E-state index contributed by atoms with van der Waals surface area (Å²) in [4.78, 5) is 0. The summed E-state index contributed by atoms with van der Waals surface area (Å²) in [5.74, 6) is 0. The molecule has 0 saturated heterocycles. The van der Waals surface area contributed by atoms with E-state index in [-0.39, 0.29) is 28.4 Å². The van der Waals surface area contributed by atoms with Crippen LogP contribution in [0.5, 0.6) is 0 Å². The predicted molar refractivity (Wildman–Crippen MR) is 47.3 cm³/mol. The van der Waals surface area contributed by atoms with E-state index in [9.17, 15) is 0 Å². The molecule has 0 aromatic carbocycles. The quantitative estimate of drug-likeness (QED) is 0.666. The van der Waals surface area contributed by atoms with Gasteiger partial charge in [-0.25, -0.2) is 0 Å². The standard InChI is InChI=1S/C2H3N.3CH3.2ClH.H3N.Pt/c1-2-3;;;;;;;/h1H3;3*1H3;2*1H;1H3;/q;3*-1;;;;+2/p-2. The van der Waals surface area contributed by atoms with Crippen LogP contribution < -0.4 is 6.15 Å². The summed E-state index contributed by atoms with van der Waals surface area (Å²) in [5.41, 5.74) is 0. The summed E-state index contributed by atoms with van der Waals surface area (Å²) in [6, 6.07) is 1.75. The number of rotatable bonds is 0. The molecule has 0 aliphatic rings. The van der Waals surface area contributed by atoms with E-state index >= 15 is 0 Å². The Kier molecular flexibility index (Phi) is 455. The molecule has 0 rings (SSSR count). The molecule has 0 heterocycles. The van der Waals surface area contributed by atoms with Gasteiger partial charge in [0.2, 0.25) is 0 Å². The second kappa shape index (κ2) is 100.0. The fourth-order valence-corrected chi connectivity index (χ4v) is 0. The van der Waals surface area contributed by atoms with Gasteiger partial charge in [-0.3, -0.25) is 0 Å². The van der Waals surface area contributed by atoms with E-state index in [4.69, 9.17) is 24.1 Å². The first-order valence-corrected chi connectivity index (χ1v) is 6.59. The SMILES string of the molecule is CC#N.N.[CH3-].[CH3-].[CH3-].[Cl][Pt][Cl]. The zero-order chi connectivity index (χ0) is 5.41. The van der Waals surface area contributed by atoms with Crippen LogP contribution in [0, 0.1) is 33.6 Å². The molecule has 5 heteroatoms. The van der Waals surface area contributed by atoms with Gasteiger partial charge in [-0.05, 0) is 0 Å². The Morgan fingerprint density at radius 1 is 1.20 bits per heavy atom. The van der Waals surface area contributed by atoms with Crippen molar-refractivity contribution in [2.75, 3.05) is 0 Å². The molecule has 0 fully saturated rings.